The van der Waals surface area contributed by atoms with Crippen molar-refractivity contribution in [1.82, 2.24) is 0 Å². The summed E-state index contributed by atoms with van der Waals surface area (Å²) in [5, 5.41) is 3.32. The molecule has 0 bridgehead atoms. The number of hydrogen-bond donors (Lipinski definition) is 2. The van der Waals surface area contributed by atoms with Crippen molar-refractivity contribution in [3.63, 3.8) is 0 Å². The third-order valence-electron chi connectivity index (χ3n) is 3.93. The van der Waals surface area contributed by atoms with Gasteiger partial charge in [-0.25, -0.2) is 0 Å². The Balaban J connectivity index is 1.73. The first-order chi connectivity index (χ1) is 10.5. The number of carbonyl (C=O) groups excluding carboxylic acids is 1. The summed E-state index contributed by atoms with van der Waals surface area (Å²) in [6, 6.07) is 13.6. The van der Waals surface area contributed by atoms with Crippen LogP contribution in [-0.2, 0) is 11.2 Å². The summed E-state index contributed by atoms with van der Waals surface area (Å²) >= 11 is 6.08. The van der Waals surface area contributed by atoms with E-state index in [-0.39, 0.29) is 5.91 Å². The molecule has 2 aromatic carbocycles. The van der Waals surface area contributed by atoms with Crippen LogP contribution < -0.4 is 16.0 Å². The predicted molar refractivity (Wildman–Crippen MR) is 91.4 cm³/mol. The SMILES string of the molecule is CC1Cc2ccccc2N1CC(=O)Nc1cc(N)ccc1Cl. The van der Waals surface area contributed by atoms with Crippen molar-refractivity contribution in [2.45, 2.75) is 19.4 Å². The molecule has 0 fully saturated rings. The molecule has 0 saturated heterocycles. The number of para-hydroxylation sites is 1. The van der Waals surface area contributed by atoms with Gasteiger partial charge in [-0.3, -0.25) is 4.79 Å². The van der Waals surface area contributed by atoms with Crippen molar-refractivity contribution < 1.29 is 4.79 Å². The van der Waals surface area contributed by atoms with Gasteiger partial charge in [0.1, 0.15) is 0 Å². The van der Waals surface area contributed by atoms with Gasteiger partial charge in [0.15, 0.2) is 0 Å². The number of nitrogens with one attached hydrogen (secondary N) is 1. The average molecular weight is 316 g/mol. The summed E-state index contributed by atoms with van der Waals surface area (Å²) in [6.45, 7) is 2.42. The van der Waals surface area contributed by atoms with E-state index in [9.17, 15) is 4.79 Å². The summed E-state index contributed by atoms with van der Waals surface area (Å²) in [5.74, 6) is -0.101. The van der Waals surface area contributed by atoms with E-state index in [2.05, 4.69) is 29.3 Å². The highest BCUT2D eigenvalue weighted by atomic mass is 35.5. The summed E-state index contributed by atoms with van der Waals surface area (Å²) in [7, 11) is 0. The zero-order valence-corrected chi connectivity index (χ0v) is 13.1. The van der Waals surface area contributed by atoms with Crippen molar-refractivity contribution in [1.29, 1.82) is 0 Å². The Morgan fingerprint density at radius 1 is 1.36 bits per heavy atom. The maximum absolute atomic E-state index is 12.3. The fourth-order valence-electron chi connectivity index (χ4n) is 2.85. The molecule has 0 aromatic heterocycles. The smallest absolute Gasteiger partial charge is 0.243 e. The van der Waals surface area contributed by atoms with Crippen LogP contribution in [0.25, 0.3) is 0 Å². The van der Waals surface area contributed by atoms with Gasteiger partial charge in [-0.15, -0.1) is 0 Å². The Morgan fingerprint density at radius 3 is 2.95 bits per heavy atom. The number of rotatable bonds is 3. The average Bonchev–Trinajstić information content (AvgIpc) is 2.79. The minimum Gasteiger partial charge on any atom is -0.399 e. The van der Waals surface area contributed by atoms with Crippen LogP contribution in [0.1, 0.15) is 12.5 Å². The van der Waals surface area contributed by atoms with E-state index in [0.717, 1.165) is 12.1 Å². The third-order valence-corrected chi connectivity index (χ3v) is 4.26. The minimum atomic E-state index is -0.101. The van der Waals surface area contributed by atoms with E-state index in [1.54, 1.807) is 18.2 Å². The summed E-state index contributed by atoms with van der Waals surface area (Å²) in [5.41, 5.74) is 9.26. The monoisotopic (exact) mass is 315 g/mol. The van der Waals surface area contributed by atoms with Gasteiger partial charge < -0.3 is 16.0 Å². The van der Waals surface area contributed by atoms with Gasteiger partial charge in [0.05, 0.1) is 17.3 Å². The second kappa shape index (κ2) is 5.89. The molecule has 1 amide bonds. The van der Waals surface area contributed by atoms with Crippen molar-refractivity contribution >= 4 is 34.6 Å². The van der Waals surface area contributed by atoms with E-state index in [1.807, 2.05) is 12.1 Å². The van der Waals surface area contributed by atoms with E-state index in [4.69, 9.17) is 17.3 Å². The lowest BCUT2D eigenvalue weighted by molar-refractivity contribution is -0.115. The number of hydrogen-bond acceptors (Lipinski definition) is 3. The van der Waals surface area contributed by atoms with Crippen LogP contribution in [0.4, 0.5) is 17.1 Å². The second-order valence-electron chi connectivity index (χ2n) is 5.60. The molecule has 114 valence electrons. The molecule has 5 heteroatoms. The standard InChI is InChI=1S/C17H18ClN3O/c1-11-8-12-4-2-3-5-16(12)21(11)10-17(22)20-15-9-13(19)6-7-14(15)18/h2-7,9,11H,8,10,19H2,1H3,(H,20,22). The largest absolute Gasteiger partial charge is 0.399 e. The fraction of sp³-hybridized carbons (Fsp3) is 0.235. The van der Waals surface area contributed by atoms with Crippen LogP contribution in [-0.4, -0.2) is 18.5 Å². The molecule has 3 N–H and O–H groups in total. The molecule has 4 nitrogen and oxygen atoms in total. The number of halogens is 1. The number of fused-ring (bicyclic) bond motifs is 1. The molecule has 2 aromatic rings. The number of nitrogen functional groups attached to an aromatic ring is 1. The number of nitrogens with two attached hydrogens (primary N) is 1. The number of carbonyl (C=O) groups is 1. The Labute approximate surface area is 134 Å². The van der Waals surface area contributed by atoms with Crippen molar-refractivity contribution in [3.05, 3.63) is 53.1 Å². The molecule has 0 radical (unpaired) electrons. The number of benzene rings is 2. The number of nitrogens with zero attached hydrogens (tertiary/aromatic N) is 1. The normalized spacial score (nSPS) is 16.5. The highest BCUT2D eigenvalue weighted by Gasteiger charge is 2.27. The van der Waals surface area contributed by atoms with Crippen LogP contribution in [0, 0.1) is 0 Å². The Morgan fingerprint density at radius 2 is 2.14 bits per heavy atom. The van der Waals surface area contributed by atoms with Crippen LogP contribution in [0.5, 0.6) is 0 Å². The lowest BCUT2D eigenvalue weighted by Gasteiger charge is -2.24. The van der Waals surface area contributed by atoms with Crippen molar-refractivity contribution in [2.24, 2.45) is 0 Å². The molecule has 1 aliphatic rings. The first-order valence-electron chi connectivity index (χ1n) is 7.24. The summed E-state index contributed by atoms with van der Waals surface area (Å²) < 4.78 is 0. The number of anilines is 3. The van der Waals surface area contributed by atoms with Crippen LogP contribution >= 0.6 is 11.6 Å². The highest BCUT2D eigenvalue weighted by molar-refractivity contribution is 6.33. The van der Waals surface area contributed by atoms with Gasteiger partial charge >= 0.3 is 0 Å². The molecule has 0 spiro atoms. The molecule has 1 heterocycles. The van der Waals surface area contributed by atoms with Crippen LogP contribution in [0.3, 0.4) is 0 Å². The van der Waals surface area contributed by atoms with Gasteiger partial charge in [-0.1, -0.05) is 29.8 Å². The van der Waals surface area contributed by atoms with E-state index >= 15 is 0 Å². The van der Waals surface area contributed by atoms with E-state index in [0.29, 0.717) is 29.0 Å². The van der Waals surface area contributed by atoms with Crippen molar-refractivity contribution in [2.75, 3.05) is 22.5 Å². The van der Waals surface area contributed by atoms with E-state index < -0.39 is 0 Å². The molecular weight excluding hydrogens is 298 g/mol. The third kappa shape index (κ3) is 2.88. The Bertz CT molecular complexity index is 717. The van der Waals surface area contributed by atoms with Gasteiger partial charge in [0.2, 0.25) is 5.91 Å². The van der Waals surface area contributed by atoms with Crippen molar-refractivity contribution in [3.8, 4) is 0 Å². The molecule has 0 aliphatic carbocycles. The maximum atomic E-state index is 12.3. The zero-order valence-electron chi connectivity index (χ0n) is 12.3. The van der Waals surface area contributed by atoms with E-state index in [1.165, 1.54) is 5.56 Å². The minimum absolute atomic E-state index is 0.101. The zero-order chi connectivity index (χ0) is 15.7. The summed E-state index contributed by atoms with van der Waals surface area (Å²) in [6.07, 6.45) is 0.961. The molecule has 0 saturated carbocycles. The lowest BCUT2D eigenvalue weighted by Crippen LogP contribution is -2.37. The van der Waals surface area contributed by atoms with Gasteiger partial charge in [-0.05, 0) is 43.2 Å². The highest BCUT2D eigenvalue weighted by Crippen LogP contribution is 2.31. The fourth-order valence-corrected chi connectivity index (χ4v) is 3.02. The second-order valence-corrected chi connectivity index (χ2v) is 6.00. The first kappa shape index (κ1) is 14.7. The maximum Gasteiger partial charge on any atom is 0.243 e. The molecule has 3 rings (SSSR count). The molecular formula is C17H18ClN3O. The lowest BCUT2D eigenvalue weighted by atomic mass is 10.1. The van der Waals surface area contributed by atoms with Crippen LogP contribution in [0.15, 0.2) is 42.5 Å². The molecule has 1 unspecified atom stereocenters. The topological polar surface area (TPSA) is 58.4 Å². The molecule has 1 aliphatic heterocycles. The van der Waals surface area contributed by atoms with Gasteiger partial charge in [0, 0.05) is 17.4 Å². The first-order valence-corrected chi connectivity index (χ1v) is 7.62. The van der Waals surface area contributed by atoms with Gasteiger partial charge in [0.25, 0.3) is 0 Å². The molecule has 22 heavy (non-hydrogen) atoms. The molecule has 1 atom stereocenters. The predicted octanol–water partition coefficient (Wildman–Crippen LogP) is 3.31. The Kier molecular flexibility index (Phi) is 3.94. The van der Waals surface area contributed by atoms with Crippen LogP contribution in [0.2, 0.25) is 5.02 Å². The quantitative estimate of drug-likeness (QED) is 0.854. The number of amides is 1. The Hall–Kier alpha value is -2.20. The van der Waals surface area contributed by atoms with Gasteiger partial charge in [-0.2, -0.15) is 0 Å². The summed E-state index contributed by atoms with van der Waals surface area (Å²) in [4.78, 5) is 14.5.